The number of nitrogens with zero attached hydrogens (tertiary/aromatic N) is 3. The van der Waals surface area contributed by atoms with Gasteiger partial charge in [0.25, 0.3) is 0 Å². The zero-order valence-corrected chi connectivity index (χ0v) is 13.7. The summed E-state index contributed by atoms with van der Waals surface area (Å²) in [5.74, 6) is 0.151. The number of hydrogen-bond donors (Lipinski definition) is 0. The van der Waals surface area contributed by atoms with Crippen LogP contribution in [0, 0.1) is 0 Å². The van der Waals surface area contributed by atoms with Gasteiger partial charge in [-0.2, -0.15) is 5.10 Å². The molecule has 1 aliphatic heterocycles. The SMILES string of the molecule is CC(CC(=O)N1CCOC(C)(c2ccccc2)C1)n1cccn1. The molecule has 23 heavy (non-hydrogen) atoms. The van der Waals surface area contributed by atoms with E-state index < -0.39 is 5.60 Å². The second-order valence-corrected chi connectivity index (χ2v) is 6.30. The molecule has 2 heterocycles. The predicted molar refractivity (Wildman–Crippen MR) is 87.9 cm³/mol. The third-order valence-electron chi connectivity index (χ3n) is 4.46. The quantitative estimate of drug-likeness (QED) is 0.872. The van der Waals surface area contributed by atoms with Crippen LogP contribution in [0.25, 0.3) is 0 Å². The minimum Gasteiger partial charge on any atom is -0.367 e. The predicted octanol–water partition coefficient (Wildman–Crippen LogP) is 2.61. The van der Waals surface area contributed by atoms with Crippen molar-refractivity contribution in [3.63, 3.8) is 0 Å². The Morgan fingerprint density at radius 1 is 1.35 bits per heavy atom. The van der Waals surface area contributed by atoms with Gasteiger partial charge in [-0.15, -0.1) is 0 Å². The zero-order valence-electron chi connectivity index (χ0n) is 13.7. The van der Waals surface area contributed by atoms with E-state index in [0.717, 1.165) is 5.56 Å². The average Bonchev–Trinajstić information content (AvgIpc) is 3.10. The lowest BCUT2D eigenvalue weighted by Gasteiger charge is -2.41. The van der Waals surface area contributed by atoms with Crippen molar-refractivity contribution in [1.29, 1.82) is 0 Å². The normalized spacial score (nSPS) is 22.8. The number of benzene rings is 1. The molecule has 5 heteroatoms. The third-order valence-corrected chi connectivity index (χ3v) is 4.46. The van der Waals surface area contributed by atoms with E-state index in [0.29, 0.717) is 26.1 Å². The summed E-state index contributed by atoms with van der Waals surface area (Å²) in [7, 11) is 0. The molecule has 0 bridgehead atoms. The molecule has 1 fully saturated rings. The Morgan fingerprint density at radius 3 is 2.83 bits per heavy atom. The fourth-order valence-corrected chi connectivity index (χ4v) is 3.06. The molecule has 0 spiro atoms. The fraction of sp³-hybridized carbons (Fsp3) is 0.444. The molecule has 1 aromatic heterocycles. The number of aromatic nitrogens is 2. The summed E-state index contributed by atoms with van der Waals surface area (Å²) in [5, 5.41) is 4.21. The Balaban J connectivity index is 1.67. The third kappa shape index (κ3) is 3.45. The first-order valence-corrected chi connectivity index (χ1v) is 8.05. The number of ether oxygens (including phenoxy) is 1. The lowest BCUT2D eigenvalue weighted by molar-refractivity contribution is -0.150. The number of amides is 1. The van der Waals surface area contributed by atoms with Gasteiger partial charge in [0.05, 0.1) is 19.2 Å². The lowest BCUT2D eigenvalue weighted by atomic mass is 9.93. The van der Waals surface area contributed by atoms with Crippen molar-refractivity contribution in [2.75, 3.05) is 19.7 Å². The highest BCUT2D eigenvalue weighted by atomic mass is 16.5. The Bertz CT molecular complexity index is 642. The van der Waals surface area contributed by atoms with Crippen molar-refractivity contribution >= 4 is 5.91 Å². The molecule has 0 aliphatic carbocycles. The summed E-state index contributed by atoms with van der Waals surface area (Å²) < 4.78 is 7.83. The molecular weight excluding hydrogens is 290 g/mol. The summed E-state index contributed by atoms with van der Waals surface area (Å²) in [6.07, 6.45) is 4.08. The van der Waals surface area contributed by atoms with Gasteiger partial charge in [0.15, 0.2) is 0 Å². The highest BCUT2D eigenvalue weighted by molar-refractivity contribution is 5.76. The van der Waals surface area contributed by atoms with Crippen LogP contribution in [-0.4, -0.2) is 40.3 Å². The van der Waals surface area contributed by atoms with Crippen LogP contribution in [0.4, 0.5) is 0 Å². The Labute approximate surface area is 136 Å². The van der Waals surface area contributed by atoms with E-state index in [1.165, 1.54) is 0 Å². The average molecular weight is 313 g/mol. The van der Waals surface area contributed by atoms with Crippen LogP contribution in [0.15, 0.2) is 48.8 Å². The maximum Gasteiger partial charge on any atom is 0.224 e. The maximum atomic E-state index is 12.7. The van der Waals surface area contributed by atoms with Gasteiger partial charge in [-0.3, -0.25) is 9.48 Å². The van der Waals surface area contributed by atoms with E-state index in [1.807, 2.05) is 47.0 Å². The fourth-order valence-electron chi connectivity index (χ4n) is 3.06. The van der Waals surface area contributed by atoms with Gasteiger partial charge in [0, 0.05) is 25.4 Å². The highest BCUT2D eigenvalue weighted by Crippen LogP contribution is 2.29. The molecule has 122 valence electrons. The van der Waals surface area contributed by atoms with Gasteiger partial charge < -0.3 is 9.64 Å². The summed E-state index contributed by atoms with van der Waals surface area (Å²) >= 11 is 0. The molecule has 1 aliphatic rings. The van der Waals surface area contributed by atoms with Crippen molar-refractivity contribution in [2.24, 2.45) is 0 Å². The summed E-state index contributed by atoms with van der Waals surface area (Å²) in [5.41, 5.74) is 0.669. The molecule has 0 N–H and O–H groups in total. The monoisotopic (exact) mass is 313 g/mol. The molecule has 5 nitrogen and oxygen atoms in total. The van der Waals surface area contributed by atoms with Crippen LogP contribution in [-0.2, 0) is 15.1 Å². The van der Waals surface area contributed by atoms with E-state index in [-0.39, 0.29) is 11.9 Å². The van der Waals surface area contributed by atoms with Crippen LogP contribution >= 0.6 is 0 Å². The Kier molecular flexibility index (Phi) is 4.48. The summed E-state index contributed by atoms with van der Waals surface area (Å²) in [4.78, 5) is 14.6. The molecule has 1 amide bonds. The number of carbonyl (C=O) groups is 1. The van der Waals surface area contributed by atoms with E-state index in [2.05, 4.69) is 24.2 Å². The second-order valence-electron chi connectivity index (χ2n) is 6.30. The van der Waals surface area contributed by atoms with Gasteiger partial charge in [-0.1, -0.05) is 30.3 Å². The molecular formula is C18H23N3O2. The zero-order chi connectivity index (χ0) is 16.3. The summed E-state index contributed by atoms with van der Waals surface area (Å²) in [6.45, 7) is 5.86. The number of carbonyl (C=O) groups excluding carboxylic acids is 1. The van der Waals surface area contributed by atoms with Crippen molar-refractivity contribution in [1.82, 2.24) is 14.7 Å². The van der Waals surface area contributed by atoms with Crippen LogP contribution in [0.5, 0.6) is 0 Å². The lowest BCUT2D eigenvalue weighted by Crippen LogP contribution is -2.50. The van der Waals surface area contributed by atoms with Gasteiger partial charge in [0.2, 0.25) is 5.91 Å². The maximum absolute atomic E-state index is 12.7. The standard InChI is InChI=1S/C18H23N3O2/c1-15(21-10-6-9-19-21)13-17(22)20-11-12-23-18(2,14-20)16-7-4-3-5-8-16/h3-10,15H,11-14H2,1-2H3. The van der Waals surface area contributed by atoms with E-state index in [4.69, 9.17) is 4.74 Å². The number of morpholine rings is 1. The molecule has 2 unspecified atom stereocenters. The number of rotatable bonds is 4. The molecule has 0 saturated carbocycles. The Hall–Kier alpha value is -2.14. The van der Waals surface area contributed by atoms with E-state index in [1.54, 1.807) is 6.20 Å². The van der Waals surface area contributed by atoms with Crippen molar-refractivity contribution in [3.05, 3.63) is 54.4 Å². The van der Waals surface area contributed by atoms with E-state index >= 15 is 0 Å². The number of hydrogen-bond acceptors (Lipinski definition) is 3. The van der Waals surface area contributed by atoms with E-state index in [9.17, 15) is 4.79 Å². The van der Waals surface area contributed by atoms with Gasteiger partial charge in [-0.25, -0.2) is 0 Å². The smallest absolute Gasteiger partial charge is 0.224 e. The largest absolute Gasteiger partial charge is 0.367 e. The van der Waals surface area contributed by atoms with Crippen LogP contribution < -0.4 is 0 Å². The first kappa shape index (κ1) is 15.7. The molecule has 3 rings (SSSR count). The molecule has 0 radical (unpaired) electrons. The minimum absolute atomic E-state index is 0.0586. The Morgan fingerprint density at radius 2 is 2.13 bits per heavy atom. The second kappa shape index (κ2) is 6.54. The van der Waals surface area contributed by atoms with Gasteiger partial charge in [0.1, 0.15) is 5.60 Å². The van der Waals surface area contributed by atoms with Crippen LogP contribution in [0.3, 0.4) is 0 Å². The van der Waals surface area contributed by atoms with Crippen LogP contribution in [0.2, 0.25) is 0 Å². The molecule has 2 atom stereocenters. The first-order valence-electron chi connectivity index (χ1n) is 8.05. The first-order chi connectivity index (χ1) is 11.1. The van der Waals surface area contributed by atoms with Gasteiger partial charge in [-0.05, 0) is 25.5 Å². The topological polar surface area (TPSA) is 47.4 Å². The van der Waals surface area contributed by atoms with Crippen molar-refractivity contribution in [3.8, 4) is 0 Å². The summed E-state index contributed by atoms with van der Waals surface area (Å²) in [6, 6.07) is 12.0. The highest BCUT2D eigenvalue weighted by Gasteiger charge is 2.35. The van der Waals surface area contributed by atoms with Crippen molar-refractivity contribution < 1.29 is 9.53 Å². The van der Waals surface area contributed by atoms with Crippen LogP contribution in [0.1, 0.15) is 31.9 Å². The van der Waals surface area contributed by atoms with Crippen molar-refractivity contribution in [2.45, 2.75) is 31.9 Å². The molecule has 2 aromatic rings. The molecule has 1 aromatic carbocycles. The molecule has 1 saturated heterocycles. The minimum atomic E-state index is -0.440. The van der Waals surface area contributed by atoms with Gasteiger partial charge >= 0.3 is 0 Å².